The Morgan fingerprint density at radius 2 is 1.88 bits per heavy atom. The highest BCUT2D eigenvalue weighted by Crippen LogP contribution is 2.25. The first-order valence-corrected chi connectivity index (χ1v) is 6.31. The highest BCUT2D eigenvalue weighted by Gasteiger charge is 2.22. The number of allylic oxidation sites excluding steroid dienone is 1. The summed E-state index contributed by atoms with van der Waals surface area (Å²) in [5.74, 6) is 0.641. The van der Waals surface area contributed by atoms with E-state index in [-0.39, 0.29) is 5.97 Å². The highest BCUT2D eigenvalue weighted by molar-refractivity contribution is 14.1. The second-order valence-electron chi connectivity index (χ2n) is 3.56. The second kappa shape index (κ2) is 6.64. The molecule has 0 radical (unpaired) electrons. The van der Waals surface area contributed by atoms with E-state index >= 15 is 0 Å². The molecule has 0 aromatic heterocycles. The fourth-order valence-corrected chi connectivity index (χ4v) is 1.93. The third kappa shape index (κ3) is 4.03. The lowest BCUT2D eigenvalue weighted by molar-refractivity contribution is -0.144. The molecule has 0 aliphatic carbocycles. The molecule has 3 nitrogen and oxygen atoms in total. The maximum Gasteiger partial charge on any atom is 0.316 e. The highest BCUT2D eigenvalue weighted by atomic mass is 127. The fraction of sp³-hybridized carbons (Fsp3) is 0.308. The molecular weight excluding hydrogens is 331 g/mol. The molecule has 0 bridgehead atoms. The quantitative estimate of drug-likeness (QED) is 0.475. The van der Waals surface area contributed by atoms with Gasteiger partial charge in [-0.25, -0.2) is 0 Å². The topological polar surface area (TPSA) is 35.5 Å². The van der Waals surface area contributed by atoms with Crippen LogP contribution in [0.1, 0.15) is 13.8 Å². The Hall–Kier alpha value is -1.04. The minimum atomic E-state index is -0.405. The number of hydrogen-bond acceptors (Lipinski definition) is 3. The first-order valence-electron chi connectivity index (χ1n) is 5.23. The van der Waals surface area contributed by atoms with Gasteiger partial charge in [0.25, 0.3) is 0 Å². The summed E-state index contributed by atoms with van der Waals surface area (Å²) in [5, 5.41) is 0. The van der Waals surface area contributed by atoms with E-state index in [1.54, 1.807) is 6.92 Å². The van der Waals surface area contributed by atoms with Gasteiger partial charge in [0.1, 0.15) is 17.4 Å². The zero-order chi connectivity index (χ0) is 12.8. The summed E-state index contributed by atoms with van der Waals surface area (Å²) in [7, 11) is 1.38. The van der Waals surface area contributed by atoms with E-state index in [0.717, 1.165) is 3.58 Å². The minimum Gasteiger partial charge on any atom is -0.468 e. The first kappa shape index (κ1) is 14.0. The van der Waals surface area contributed by atoms with Crippen LogP contribution >= 0.6 is 22.6 Å². The molecule has 0 aliphatic rings. The van der Waals surface area contributed by atoms with E-state index in [2.05, 4.69) is 22.6 Å². The summed E-state index contributed by atoms with van der Waals surface area (Å²) in [4.78, 5) is 11.5. The molecule has 1 aromatic carbocycles. The van der Waals surface area contributed by atoms with E-state index in [4.69, 9.17) is 9.47 Å². The molecule has 1 unspecified atom stereocenters. The van der Waals surface area contributed by atoms with Gasteiger partial charge in [-0.3, -0.25) is 4.79 Å². The van der Waals surface area contributed by atoms with Crippen molar-refractivity contribution in [1.82, 2.24) is 0 Å². The number of benzene rings is 1. The van der Waals surface area contributed by atoms with E-state index in [1.165, 1.54) is 7.11 Å². The molecule has 0 aliphatic heterocycles. The van der Waals surface area contributed by atoms with Crippen LogP contribution < -0.4 is 4.74 Å². The average molecular weight is 346 g/mol. The van der Waals surface area contributed by atoms with E-state index in [9.17, 15) is 4.79 Å². The number of carbonyl (C=O) groups excluding carboxylic acids is 1. The standard InChI is InChI=1S/C13H15IO3/c1-9(13(15)16-3)12(10(2)14)17-11-7-5-4-6-8-11/h4-9H,1-3H3/b12-10-. The molecular formula is C13H15IO3. The Bertz CT molecular complexity index is 408. The molecule has 0 fully saturated rings. The van der Waals surface area contributed by atoms with Crippen LogP contribution in [0.5, 0.6) is 5.75 Å². The van der Waals surface area contributed by atoms with Crippen LogP contribution in [-0.2, 0) is 9.53 Å². The van der Waals surface area contributed by atoms with Gasteiger partial charge in [0.2, 0.25) is 0 Å². The van der Waals surface area contributed by atoms with Gasteiger partial charge < -0.3 is 9.47 Å². The van der Waals surface area contributed by atoms with Crippen molar-refractivity contribution < 1.29 is 14.3 Å². The number of halogens is 1. The fourth-order valence-electron chi connectivity index (χ4n) is 1.36. The monoisotopic (exact) mass is 346 g/mol. The van der Waals surface area contributed by atoms with Crippen LogP contribution in [-0.4, -0.2) is 13.1 Å². The van der Waals surface area contributed by atoms with Crippen LogP contribution in [0.4, 0.5) is 0 Å². The Morgan fingerprint density at radius 3 is 2.35 bits per heavy atom. The number of ether oxygens (including phenoxy) is 2. The molecule has 0 saturated carbocycles. The molecule has 17 heavy (non-hydrogen) atoms. The third-order valence-corrected chi connectivity index (χ3v) is 2.79. The number of methoxy groups -OCH3 is 1. The van der Waals surface area contributed by atoms with Gasteiger partial charge in [0, 0.05) is 3.58 Å². The Kier molecular flexibility index (Phi) is 5.47. The van der Waals surface area contributed by atoms with Crippen LogP contribution in [0.3, 0.4) is 0 Å². The lowest BCUT2D eigenvalue weighted by Crippen LogP contribution is -2.19. The van der Waals surface area contributed by atoms with Crippen LogP contribution in [0.2, 0.25) is 0 Å². The van der Waals surface area contributed by atoms with Gasteiger partial charge in [0.15, 0.2) is 0 Å². The van der Waals surface area contributed by atoms with Crippen molar-refractivity contribution in [3.05, 3.63) is 39.7 Å². The molecule has 92 valence electrons. The largest absolute Gasteiger partial charge is 0.468 e. The summed E-state index contributed by atoms with van der Waals surface area (Å²) >= 11 is 2.14. The summed E-state index contributed by atoms with van der Waals surface area (Å²) in [6.45, 7) is 3.67. The van der Waals surface area contributed by atoms with E-state index in [1.807, 2.05) is 37.3 Å². The maximum absolute atomic E-state index is 11.5. The SMILES string of the molecule is COC(=O)C(C)/C(Oc1ccccc1)=C(\C)I. The Labute approximate surface area is 115 Å². The lowest BCUT2D eigenvalue weighted by Gasteiger charge is -2.16. The molecule has 1 atom stereocenters. The van der Waals surface area contributed by atoms with E-state index < -0.39 is 5.92 Å². The molecule has 0 saturated heterocycles. The van der Waals surface area contributed by atoms with Gasteiger partial charge in [-0.05, 0) is 48.6 Å². The van der Waals surface area contributed by atoms with Crippen molar-refractivity contribution in [1.29, 1.82) is 0 Å². The molecule has 0 spiro atoms. The maximum atomic E-state index is 11.5. The smallest absolute Gasteiger partial charge is 0.316 e. The van der Waals surface area contributed by atoms with Crippen molar-refractivity contribution in [2.75, 3.05) is 7.11 Å². The summed E-state index contributed by atoms with van der Waals surface area (Å²) < 4.78 is 11.4. The zero-order valence-corrected chi connectivity index (χ0v) is 12.2. The molecule has 0 N–H and O–H groups in total. The van der Waals surface area contributed by atoms with Crippen molar-refractivity contribution in [2.45, 2.75) is 13.8 Å². The predicted octanol–water partition coefficient (Wildman–Crippen LogP) is 3.54. The molecule has 0 heterocycles. The van der Waals surface area contributed by atoms with Crippen LogP contribution in [0.25, 0.3) is 0 Å². The second-order valence-corrected chi connectivity index (χ2v) is 5.18. The molecule has 1 aromatic rings. The Balaban J connectivity index is 2.90. The summed E-state index contributed by atoms with van der Waals surface area (Å²) in [6, 6.07) is 9.39. The van der Waals surface area contributed by atoms with Crippen LogP contribution in [0.15, 0.2) is 39.7 Å². The van der Waals surface area contributed by atoms with Crippen molar-refractivity contribution >= 4 is 28.6 Å². The van der Waals surface area contributed by atoms with Crippen molar-refractivity contribution in [3.8, 4) is 5.75 Å². The average Bonchev–Trinajstić information content (AvgIpc) is 2.35. The normalized spacial score (nSPS) is 13.6. The van der Waals surface area contributed by atoms with E-state index in [0.29, 0.717) is 11.5 Å². The predicted molar refractivity (Wildman–Crippen MR) is 75.0 cm³/mol. The van der Waals surface area contributed by atoms with Gasteiger partial charge in [-0.2, -0.15) is 0 Å². The number of rotatable bonds is 4. The van der Waals surface area contributed by atoms with Gasteiger partial charge in [0.05, 0.1) is 7.11 Å². The summed E-state index contributed by atoms with van der Waals surface area (Å²) in [5.41, 5.74) is 0. The van der Waals surface area contributed by atoms with Gasteiger partial charge in [-0.15, -0.1) is 0 Å². The lowest BCUT2D eigenvalue weighted by atomic mass is 10.1. The molecule has 0 amide bonds. The number of para-hydroxylation sites is 1. The zero-order valence-electron chi connectivity index (χ0n) is 10.1. The Morgan fingerprint density at radius 1 is 1.29 bits per heavy atom. The summed E-state index contributed by atoms with van der Waals surface area (Å²) in [6.07, 6.45) is 0. The third-order valence-electron chi connectivity index (χ3n) is 2.26. The number of hydrogen-bond donors (Lipinski definition) is 0. The first-order chi connectivity index (χ1) is 8.06. The van der Waals surface area contributed by atoms with Crippen molar-refractivity contribution in [3.63, 3.8) is 0 Å². The van der Waals surface area contributed by atoms with Gasteiger partial charge in [-0.1, -0.05) is 18.2 Å². The molecule has 1 rings (SSSR count). The number of esters is 1. The van der Waals surface area contributed by atoms with Crippen LogP contribution in [0, 0.1) is 5.92 Å². The van der Waals surface area contributed by atoms with Gasteiger partial charge >= 0.3 is 5.97 Å². The molecule has 4 heteroatoms. The van der Waals surface area contributed by atoms with Crippen molar-refractivity contribution in [2.24, 2.45) is 5.92 Å². The minimum absolute atomic E-state index is 0.299. The number of carbonyl (C=O) groups is 1.